The van der Waals surface area contributed by atoms with E-state index in [1.54, 1.807) is 11.3 Å². The molecular formula is C18H19N3S2. The van der Waals surface area contributed by atoms with Gasteiger partial charge in [0.15, 0.2) is 5.82 Å². The van der Waals surface area contributed by atoms with Gasteiger partial charge in [-0.25, -0.2) is 9.97 Å². The molecule has 1 saturated heterocycles. The molecule has 5 heteroatoms. The maximum atomic E-state index is 4.85. The molecule has 1 aliphatic rings. The van der Waals surface area contributed by atoms with Crippen molar-refractivity contribution in [3.05, 3.63) is 41.3 Å². The van der Waals surface area contributed by atoms with Crippen LogP contribution in [-0.4, -0.2) is 26.5 Å². The molecule has 1 unspecified atom stereocenters. The first-order chi connectivity index (χ1) is 11.0. The number of nitrogens with zero attached hydrogens (tertiary/aromatic N) is 2. The Labute approximate surface area is 144 Å². The summed E-state index contributed by atoms with van der Waals surface area (Å²) in [7, 11) is 0. The third-order valence-corrected chi connectivity index (χ3v) is 6.86. The van der Waals surface area contributed by atoms with Crippen LogP contribution in [0.5, 0.6) is 0 Å². The molecule has 0 bridgehead atoms. The van der Waals surface area contributed by atoms with Crippen LogP contribution in [0.3, 0.4) is 0 Å². The lowest BCUT2D eigenvalue weighted by atomic mass is 10.0. The highest BCUT2D eigenvalue weighted by Crippen LogP contribution is 2.42. The third-order valence-electron chi connectivity index (χ3n) is 4.34. The van der Waals surface area contributed by atoms with Crippen molar-refractivity contribution < 1.29 is 0 Å². The van der Waals surface area contributed by atoms with Crippen LogP contribution >= 0.6 is 23.1 Å². The Hall–Kier alpha value is -1.59. The van der Waals surface area contributed by atoms with Crippen molar-refractivity contribution in [2.24, 2.45) is 0 Å². The summed E-state index contributed by atoms with van der Waals surface area (Å²) in [4.78, 5) is 12.0. The summed E-state index contributed by atoms with van der Waals surface area (Å²) < 4.78 is 0.256. The Balaban J connectivity index is 1.81. The van der Waals surface area contributed by atoms with E-state index >= 15 is 0 Å². The first-order valence-electron chi connectivity index (χ1n) is 7.77. The SMILES string of the molecule is Cc1ccc(-c2nc(NC3CSC3(C)C)c3ccccc3n2)s1. The summed E-state index contributed by atoms with van der Waals surface area (Å²) in [6.07, 6.45) is 0. The monoisotopic (exact) mass is 341 g/mol. The molecule has 1 fully saturated rings. The molecule has 0 saturated carbocycles. The van der Waals surface area contributed by atoms with Gasteiger partial charge in [0.25, 0.3) is 0 Å². The Morgan fingerprint density at radius 1 is 1.13 bits per heavy atom. The Kier molecular flexibility index (Phi) is 3.58. The molecule has 4 rings (SSSR count). The molecule has 1 aromatic carbocycles. The average Bonchev–Trinajstić information content (AvgIpc) is 2.97. The van der Waals surface area contributed by atoms with Crippen LogP contribution in [0.15, 0.2) is 36.4 Å². The van der Waals surface area contributed by atoms with Crippen molar-refractivity contribution in [3.63, 3.8) is 0 Å². The molecule has 1 aliphatic heterocycles. The zero-order valence-corrected chi connectivity index (χ0v) is 15.1. The van der Waals surface area contributed by atoms with Crippen LogP contribution in [0.25, 0.3) is 21.6 Å². The van der Waals surface area contributed by atoms with Crippen LogP contribution in [0.2, 0.25) is 0 Å². The number of hydrogen-bond acceptors (Lipinski definition) is 5. The highest BCUT2D eigenvalue weighted by molar-refractivity contribution is 8.02. The van der Waals surface area contributed by atoms with Crippen LogP contribution in [-0.2, 0) is 0 Å². The van der Waals surface area contributed by atoms with Crippen molar-refractivity contribution >= 4 is 39.8 Å². The van der Waals surface area contributed by atoms with Crippen LogP contribution in [0, 0.1) is 6.92 Å². The summed E-state index contributed by atoms with van der Waals surface area (Å²) in [5, 5.41) is 4.76. The summed E-state index contributed by atoms with van der Waals surface area (Å²) in [5.74, 6) is 2.89. The van der Waals surface area contributed by atoms with Crippen LogP contribution in [0.1, 0.15) is 18.7 Å². The minimum Gasteiger partial charge on any atom is -0.364 e. The summed E-state index contributed by atoms with van der Waals surface area (Å²) in [6.45, 7) is 6.68. The van der Waals surface area contributed by atoms with Crippen molar-refractivity contribution in [2.45, 2.75) is 31.6 Å². The largest absolute Gasteiger partial charge is 0.364 e. The number of para-hydroxylation sites is 1. The summed E-state index contributed by atoms with van der Waals surface area (Å²) in [6, 6.07) is 12.9. The van der Waals surface area contributed by atoms with E-state index in [1.807, 2.05) is 23.9 Å². The number of anilines is 1. The molecule has 1 N–H and O–H groups in total. The van der Waals surface area contributed by atoms with Gasteiger partial charge >= 0.3 is 0 Å². The lowest BCUT2D eigenvalue weighted by Crippen LogP contribution is -2.50. The number of benzene rings is 1. The molecule has 2 aromatic heterocycles. The maximum Gasteiger partial charge on any atom is 0.172 e. The molecule has 1 atom stereocenters. The van der Waals surface area contributed by atoms with Crippen LogP contribution < -0.4 is 5.32 Å². The van der Waals surface area contributed by atoms with E-state index in [0.717, 1.165) is 33.2 Å². The van der Waals surface area contributed by atoms with Gasteiger partial charge in [-0.1, -0.05) is 12.1 Å². The molecule has 118 valence electrons. The van der Waals surface area contributed by atoms with E-state index in [9.17, 15) is 0 Å². The molecule has 0 radical (unpaired) electrons. The topological polar surface area (TPSA) is 37.8 Å². The van der Waals surface area contributed by atoms with Gasteiger partial charge in [0.2, 0.25) is 0 Å². The molecule has 0 amide bonds. The molecular weight excluding hydrogens is 322 g/mol. The van der Waals surface area contributed by atoms with Crippen molar-refractivity contribution in [3.8, 4) is 10.7 Å². The zero-order chi connectivity index (χ0) is 16.0. The smallest absolute Gasteiger partial charge is 0.172 e. The number of aryl methyl sites for hydroxylation is 1. The average molecular weight is 342 g/mol. The minimum atomic E-state index is 0.256. The second-order valence-corrected chi connectivity index (χ2v) is 9.40. The quantitative estimate of drug-likeness (QED) is 0.729. The fourth-order valence-electron chi connectivity index (χ4n) is 2.73. The molecule has 3 aromatic rings. The third kappa shape index (κ3) is 2.72. The van der Waals surface area contributed by atoms with E-state index in [-0.39, 0.29) is 4.75 Å². The van der Waals surface area contributed by atoms with Gasteiger partial charge in [0, 0.05) is 20.8 Å². The lowest BCUT2D eigenvalue weighted by Gasteiger charge is -2.44. The fraction of sp³-hybridized carbons (Fsp3) is 0.333. The first-order valence-corrected chi connectivity index (χ1v) is 9.57. The number of thioether (sulfide) groups is 1. The number of rotatable bonds is 3. The molecule has 3 heterocycles. The fourth-order valence-corrected chi connectivity index (χ4v) is 4.68. The van der Waals surface area contributed by atoms with Gasteiger partial charge in [0.1, 0.15) is 5.82 Å². The number of aromatic nitrogens is 2. The summed E-state index contributed by atoms with van der Waals surface area (Å²) in [5.41, 5.74) is 0.996. The van der Waals surface area contributed by atoms with E-state index in [4.69, 9.17) is 9.97 Å². The molecule has 0 aliphatic carbocycles. The predicted octanol–water partition coefficient (Wildman–Crippen LogP) is 4.97. The molecule has 3 nitrogen and oxygen atoms in total. The second-order valence-electron chi connectivity index (χ2n) is 6.43. The molecule has 0 spiro atoms. The molecule has 23 heavy (non-hydrogen) atoms. The number of thiophene rings is 1. The maximum absolute atomic E-state index is 4.85. The number of hydrogen-bond donors (Lipinski definition) is 1. The van der Waals surface area contributed by atoms with Gasteiger partial charge in [0.05, 0.1) is 16.4 Å². The van der Waals surface area contributed by atoms with E-state index in [0.29, 0.717) is 6.04 Å². The normalized spacial score (nSPS) is 19.5. The van der Waals surface area contributed by atoms with Gasteiger partial charge in [-0.3, -0.25) is 0 Å². The Bertz CT molecular complexity index is 870. The van der Waals surface area contributed by atoms with Gasteiger partial charge in [-0.05, 0) is 45.0 Å². The number of nitrogens with one attached hydrogen (secondary N) is 1. The Morgan fingerprint density at radius 2 is 1.96 bits per heavy atom. The highest BCUT2D eigenvalue weighted by atomic mass is 32.2. The van der Waals surface area contributed by atoms with E-state index < -0.39 is 0 Å². The predicted molar refractivity (Wildman–Crippen MR) is 102 cm³/mol. The van der Waals surface area contributed by atoms with E-state index in [1.165, 1.54) is 4.88 Å². The standard InChI is InChI=1S/C18H19N3S2/c1-11-8-9-14(23-11)17-19-13-7-5-4-6-12(13)16(21-17)20-15-10-22-18(15,2)3/h4-9,15H,10H2,1-3H3,(H,19,20,21). The van der Waals surface area contributed by atoms with Gasteiger partial charge in [-0.15, -0.1) is 11.3 Å². The van der Waals surface area contributed by atoms with Gasteiger partial charge in [-0.2, -0.15) is 11.8 Å². The summed E-state index contributed by atoms with van der Waals surface area (Å²) >= 11 is 3.73. The first kappa shape index (κ1) is 15.0. The van der Waals surface area contributed by atoms with Crippen molar-refractivity contribution in [2.75, 3.05) is 11.1 Å². The minimum absolute atomic E-state index is 0.256. The number of fused-ring (bicyclic) bond motifs is 1. The second kappa shape index (κ2) is 5.49. The van der Waals surface area contributed by atoms with E-state index in [2.05, 4.69) is 50.4 Å². The lowest BCUT2D eigenvalue weighted by molar-refractivity contribution is 0.575. The zero-order valence-electron chi connectivity index (χ0n) is 13.5. The van der Waals surface area contributed by atoms with Crippen molar-refractivity contribution in [1.82, 2.24) is 9.97 Å². The Morgan fingerprint density at radius 3 is 2.61 bits per heavy atom. The van der Waals surface area contributed by atoms with Gasteiger partial charge < -0.3 is 5.32 Å². The van der Waals surface area contributed by atoms with Crippen LogP contribution in [0.4, 0.5) is 5.82 Å². The highest BCUT2D eigenvalue weighted by Gasteiger charge is 2.39. The van der Waals surface area contributed by atoms with Crippen molar-refractivity contribution in [1.29, 1.82) is 0 Å².